The molecule has 3 nitrogen and oxygen atoms in total. The van der Waals surface area contributed by atoms with Gasteiger partial charge >= 0.3 is 0 Å². The summed E-state index contributed by atoms with van der Waals surface area (Å²) in [7, 11) is 0. The summed E-state index contributed by atoms with van der Waals surface area (Å²) in [6.45, 7) is 8.22. The van der Waals surface area contributed by atoms with Crippen LogP contribution in [0.1, 0.15) is 44.7 Å². The van der Waals surface area contributed by atoms with Crippen LogP contribution >= 0.6 is 0 Å². The van der Waals surface area contributed by atoms with E-state index in [4.69, 9.17) is 0 Å². The zero-order chi connectivity index (χ0) is 12.8. The Hall–Kier alpha value is -0.930. The van der Waals surface area contributed by atoms with Crippen molar-refractivity contribution in [2.24, 2.45) is 0 Å². The van der Waals surface area contributed by atoms with Gasteiger partial charge in [0.1, 0.15) is 0 Å². The maximum Gasteiger partial charge on any atom is 0.0295 e. The van der Waals surface area contributed by atoms with Crippen molar-refractivity contribution >= 4 is 0 Å². The number of pyridine rings is 1. The van der Waals surface area contributed by atoms with Crippen LogP contribution in [0, 0.1) is 0 Å². The molecule has 1 saturated heterocycles. The van der Waals surface area contributed by atoms with Gasteiger partial charge in [0, 0.05) is 31.0 Å². The summed E-state index contributed by atoms with van der Waals surface area (Å²) in [5.74, 6) is 0. The highest BCUT2D eigenvalue weighted by molar-refractivity contribution is 5.14. The summed E-state index contributed by atoms with van der Waals surface area (Å²) in [4.78, 5) is 6.65. The molecule has 1 N–H and O–H groups in total. The van der Waals surface area contributed by atoms with Crippen LogP contribution in [0.3, 0.4) is 0 Å². The van der Waals surface area contributed by atoms with Gasteiger partial charge in [-0.25, -0.2) is 0 Å². The van der Waals surface area contributed by atoms with Crippen LogP contribution in [0.2, 0.25) is 0 Å². The molecule has 1 aliphatic heterocycles. The van der Waals surface area contributed by atoms with E-state index < -0.39 is 0 Å². The van der Waals surface area contributed by atoms with Gasteiger partial charge in [-0.15, -0.1) is 0 Å². The number of rotatable bonds is 5. The third-order valence-electron chi connectivity index (χ3n) is 3.72. The van der Waals surface area contributed by atoms with Crippen LogP contribution in [0.4, 0.5) is 0 Å². The van der Waals surface area contributed by atoms with Gasteiger partial charge in [0.2, 0.25) is 0 Å². The van der Waals surface area contributed by atoms with Crippen molar-refractivity contribution in [2.45, 2.75) is 45.2 Å². The highest BCUT2D eigenvalue weighted by atomic mass is 15.2. The Kier molecular flexibility index (Phi) is 5.14. The van der Waals surface area contributed by atoms with E-state index in [0.717, 1.165) is 6.54 Å². The molecule has 0 spiro atoms. The van der Waals surface area contributed by atoms with E-state index in [1.54, 1.807) is 0 Å². The Morgan fingerprint density at radius 3 is 2.50 bits per heavy atom. The van der Waals surface area contributed by atoms with E-state index in [1.165, 1.54) is 37.9 Å². The second kappa shape index (κ2) is 6.86. The summed E-state index contributed by atoms with van der Waals surface area (Å²) in [6.07, 6.45) is 7.87. The molecule has 1 aromatic heterocycles. The molecule has 2 heterocycles. The predicted molar refractivity (Wildman–Crippen MR) is 75.5 cm³/mol. The second-order valence-electron chi connectivity index (χ2n) is 5.43. The van der Waals surface area contributed by atoms with Gasteiger partial charge in [0.25, 0.3) is 0 Å². The average Bonchev–Trinajstić information content (AvgIpc) is 2.40. The summed E-state index contributed by atoms with van der Waals surface area (Å²) in [5, 5.41) is 3.67. The average molecular weight is 247 g/mol. The van der Waals surface area contributed by atoms with Gasteiger partial charge < -0.3 is 10.2 Å². The van der Waals surface area contributed by atoms with Gasteiger partial charge in [0.15, 0.2) is 0 Å². The van der Waals surface area contributed by atoms with Crippen molar-refractivity contribution in [1.82, 2.24) is 15.2 Å². The molecule has 0 aliphatic carbocycles. The van der Waals surface area contributed by atoms with Gasteiger partial charge in [-0.1, -0.05) is 6.42 Å². The van der Waals surface area contributed by atoms with Crippen LogP contribution in [0.5, 0.6) is 0 Å². The monoisotopic (exact) mass is 247 g/mol. The Morgan fingerprint density at radius 1 is 1.17 bits per heavy atom. The van der Waals surface area contributed by atoms with E-state index >= 15 is 0 Å². The fourth-order valence-electron chi connectivity index (χ4n) is 2.76. The van der Waals surface area contributed by atoms with Crippen molar-refractivity contribution in [1.29, 1.82) is 0 Å². The first-order chi connectivity index (χ1) is 8.75. The second-order valence-corrected chi connectivity index (χ2v) is 5.43. The maximum atomic E-state index is 4.06. The first kappa shape index (κ1) is 13.5. The van der Waals surface area contributed by atoms with Gasteiger partial charge in [-0.2, -0.15) is 0 Å². The molecular formula is C15H25N3. The van der Waals surface area contributed by atoms with Crippen LogP contribution in [-0.2, 0) is 0 Å². The molecule has 0 radical (unpaired) electrons. The molecular weight excluding hydrogens is 222 g/mol. The fraction of sp³-hybridized carbons (Fsp3) is 0.667. The number of hydrogen-bond acceptors (Lipinski definition) is 3. The molecule has 1 aliphatic rings. The van der Waals surface area contributed by atoms with Crippen molar-refractivity contribution < 1.29 is 0 Å². The number of piperidine rings is 1. The topological polar surface area (TPSA) is 28.2 Å². The fourth-order valence-corrected chi connectivity index (χ4v) is 2.76. The normalized spacial score (nSPS) is 20.6. The SMILES string of the molecule is CC(CN1CCCCC1)NC(C)c1ccncc1. The van der Waals surface area contributed by atoms with Gasteiger partial charge in [0.05, 0.1) is 0 Å². The Morgan fingerprint density at radius 2 is 1.83 bits per heavy atom. The molecule has 3 heteroatoms. The third-order valence-corrected chi connectivity index (χ3v) is 3.72. The number of nitrogens with one attached hydrogen (secondary N) is 1. The molecule has 100 valence electrons. The van der Waals surface area contributed by atoms with E-state index in [0.29, 0.717) is 12.1 Å². The Balaban J connectivity index is 1.78. The predicted octanol–water partition coefficient (Wildman–Crippen LogP) is 2.61. The highest BCUT2D eigenvalue weighted by Crippen LogP contribution is 2.13. The van der Waals surface area contributed by atoms with E-state index in [9.17, 15) is 0 Å². The summed E-state index contributed by atoms with van der Waals surface area (Å²) >= 11 is 0. The number of nitrogens with zero attached hydrogens (tertiary/aromatic N) is 2. The molecule has 0 amide bonds. The zero-order valence-corrected chi connectivity index (χ0v) is 11.6. The molecule has 0 saturated carbocycles. The maximum absolute atomic E-state index is 4.06. The number of likely N-dealkylation sites (tertiary alicyclic amines) is 1. The molecule has 0 aromatic carbocycles. The van der Waals surface area contributed by atoms with Gasteiger partial charge in [-0.3, -0.25) is 4.98 Å². The van der Waals surface area contributed by atoms with Crippen LogP contribution in [0.25, 0.3) is 0 Å². The lowest BCUT2D eigenvalue weighted by Gasteiger charge is -2.30. The van der Waals surface area contributed by atoms with Crippen LogP contribution in [-0.4, -0.2) is 35.6 Å². The smallest absolute Gasteiger partial charge is 0.0295 e. The lowest BCUT2D eigenvalue weighted by Crippen LogP contribution is -2.42. The lowest BCUT2D eigenvalue weighted by atomic mass is 10.1. The molecule has 0 bridgehead atoms. The number of aromatic nitrogens is 1. The number of hydrogen-bond donors (Lipinski definition) is 1. The molecule has 2 rings (SSSR count). The van der Waals surface area contributed by atoms with Crippen molar-refractivity contribution in [2.75, 3.05) is 19.6 Å². The van der Waals surface area contributed by atoms with Gasteiger partial charge in [-0.05, 0) is 57.5 Å². The summed E-state index contributed by atoms with van der Waals surface area (Å²) < 4.78 is 0. The van der Waals surface area contributed by atoms with Crippen LogP contribution < -0.4 is 5.32 Å². The third kappa shape index (κ3) is 4.07. The first-order valence-corrected chi connectivity index (χ1v) is 7.14. The minimum absolute atomic E-state index is 0.396. The summed E-state index contributed by atoms with van der Waals surface area (Å²) in [6, 6.07) is 5.11. The van der Waals surface area contributed by atoms with Crippen molar-refractivity contribution in [3.05, 3.63) is 30.1 Å². The Bertz CT molecular complexity index is 333. The molecule has 2 atom stereocenters. The Labute approximate surface area is 111 Å². The van der Waals surface area contributed by atoms with E-state index in [2.05, 4.69) is 41.2 Å². The van der Waals surface area contributed by atoms with Crippen molar-refractivity contribution in [3.63, 3.8) is 0 Å². The van der Waals surface area contributed by atoms with E-state index in [-0.39, 0.29) is 0 Å². The van der Waals surface area contributed by atoms with Crippen LogP contribution in [0.15, 0.2) is 24.5 Å². The molecule has 18 heavy (non-hydrogen) atoms. The first-order valence-electron chi connectivity index (χ1n) is 7.14. The van der Waals surface area contributed by atoms with Crippen molar-refractivity contribution in [3.8, 4) is 0 Å². The molecule has 1 aromatic rings. The minimum atomic E-state index is 0.396. The standard InChI is InChI=1S/C15H25N3/c1-13(12-18-10-4-3-5-11-18)17-14(2)15-6-8-16-9-7-15/h6-9,13-14,17H,3-5,10-12H2,1-2H3. The zero-order valence-electron chi connectivity index (χ0n) is 11.6. The quantitative estimate of drug-likeness (QED) is 0.867. The highest BCUT2D eigenvalue weighted by Gasteiger charge is 2.15. The minimum Gasteiger partial charge on any atom is -0.306 e. The van der Waals surface area contributed by atoms with E-state index in [1.807, 2.05) is 12.4 Å². The summed E-state index contributed by atoms with van der Waals surface area (Å²) in [5.41, 5.74) is 1.32. The largest absolute Gasteiger partial charge is 0.306 e. The lowest BCUT2D eigenvalue weighted by molar-refractivity contribution is 0.205. The molecule has 2 unspecified atom stereocenters. The molecule has 1 fully saturated rings.